The van der Waals surface area contributed by atoms with Gasteiger partial charge in [0.05, 0.1) is 12.2 Å². The highest BCUT2D eigenvalue weighted by Gasteiger charge is 2.39. The maximum Gasteiger partial charge on any atom is 0.343 e. The van der Waals surface area contributed by atoms with Gasteiger partial charge in [0.2, 0.25) is 5.95 Å². The average Bonchev–Trinajstić information content (AvgIpc) is 3.17. The molecule has 0 bridgehead atoms. The van der Waals surface area contributed by atoms with E-state index in [1.807, 2.05) is 6.92 Å². The van der Waals surface area contributed by atoms with Gasteiger partial charge in [0.15, 0.2) is 5.82 Å². The molecule has 1 aromatic heterocycles. The van der Waals surface area contributed by atoms with E-state index in [1.165, 1.54) is 0 Å². The van der Waals surface area contributed by atoms with Crippen LogP contribution < -0.4 is 15.2 Å². The fraction of sp³-hybridized carbons (Fsp3) is 0.421. The van der Waals surface area contributed by atoms with Crippen molar-refractivity contribution in [3.63, 3.8) is 0 Å². The standard InChI is InChI=1S/C19H22Cl2N6O/c1-3-26-19(28)25(2)16-11-22-18(23-14-9-12(20)8-13(21)10-14)24-17(16)27(26)15-6-4-5-7-15/h8-11,15H,3-7H2,1-2H3,(H,22,23,24). The molecular formula is C19H22Cl2N6O. The van der Waals surface area contributed by atoms with Crippen LogP contribution in [0.2, 0.25) is 10.0 Å². The predicted molar refractivity (Wildman–Crippen MR) is 113 cm³/mol. The lowest BCUT2D eigenvalue weighted by atomic mass is 10.2. The predicted octanol–water partition coefficient (Wildman–Crippen LogP) is 5.08. The molecule has 1 N–H and O–H groups in total. The van der Waals surface area contributed by atoms with Crippen molar-refractivity contribution in [3.05, 3.63) is 34.4 Å². The van der Waals surface area contributed by atoms with Crippen molar-refractivity contribution in [3.8, 4) is 0 Å². The van der Waals surface area contributed by atoms with E-state index in [9.17, 15) is 4.79 Å². The molecule has 28 heavy (non-hydrogen) atoms. The first-order valence-corrected chi connectivity index (χ1v) is 10.2. The highest BCUT2D eigenvalue weighted by molar-refractivity contribution is 6.35. The summed E-state index contributed by atoms with van der Waals surface area (Å²) in [6.45, 7) is 2.56. The molecule has 1 aliphatic carbocycles. The summed E-state index contributed by atoms with van der Waals surface area (Å²) in [5, 5.41) is 8.05. The number of carbonyl (C=O) groups is 1. The monoisotopic (exact) mass is 420 g/mol. The van der Waals surface area contributed by atoms with Crippen molar-refractivity contribution in [1.29, 1.82) is 0 Å². The van der Waals surface area contributed by atoms with E-state index in [1.54, 1.807) is 41.4 Å². The fourth-order valence-corrected chi connectivity index (χ4v) is 4.40. The van der Waals surface area contributed by atoms with Crippen LogP contribution in [0.1, 0.15) is 32.6 Å². The molecule has 0 unspecified atom stereocenters. The zero-order chi connectivity index (χ0) is 19.8. The number of carbonyl (C=O) groups excluding carboxylic acids is 1. The number of halogens is 2. The summed E-state index contributed by atoms with van der Waals surface area (Å²) < 4.78 is 0. The number of urea groups is 1. The summed E-state index contributed by atoms with van der Waals surface area (Å²) in [5.41, 5.74) is 1.41. The Morgan fingerprint density at radius 1 is 1.18 bits per heavy atom. The molecule has 0 saturated heterocycles. The van der Waals surface area contributed by atoms with Crippen LogP contribution in [-0.2, 0) is 0 Å². The van der Waals surface area contributed by atoms with Crippen LogP contribution in [0.5, 0.6) is 0 Å². The zero-order valence-corrected chi connectivity index (χ0v) is 17.3. The third-order valence-electron chi connectivity index (χ3n) is 5.19. The smallest absolute Gasteiger partial charge is 0.324 e. The first-order valence-electron chi connectivity index (χ1n) is 9.42. The first-order chi connectivity index (χ1) is 13.5. The van der Waals surface area contributed by atoms with Gasteiger partial charge in [-0.05, 0) is 38.0 Å². The van der Waals surface area contributed by atoms with Crippen LogP contribution in [0.3, 0.4) is 0 Å². The summed E-state index contributed by atoms with van der Waals surface area (Å²) in [7, 11) is 1.75. The molecule has 2 amide bonds. The molecule has 2 aromatic rings. The highest BCUT2D eigenvalue weighted by atomic mass is 35.5. The molecule has 0 radical (unpaired) electrons. The molecule has 9 heteroatoms. The van der Waals surface area contributed by atoms with E-state index < -0.39 is 0 Å². The molecule has 148 valence electrons. The van der Waals surface area contributed by atoms with E-state index >= 15 is 0 Å². The second-order valence-electron chi connectivity index (χ2n) is 7.03. The normalized spacial score (nSPS) is 17.3. The Morgan fingerprint density at radius 3 is 2.50 bits per heavy atom. The van der Waals surface area contributed by atoms with Gasteiger partial charge in [0, 0.05) is 29.3 Å². The van der Waals surface area contributed by atoms with Gasteiger partial charge < -0.3 is 5.32 Å². The Labute approximate surface area is 174 Å². The summed E-state index contributed by atoms with van der Waals surface area (Å²) in [6.07, 6.45) is 6.10. The number of rotatable bonds is 4. The topological polar surface area (TPSA) is 64.6 Å². The number of nitrogens with zero attached hydrogens (tertiary/aromatic N) is 5. The average molecular weight is 421 g/mol. The number of hydrazine groups is 1. The quantitative estimate of drug-likeness (QED) is 0.746. The number of aromatic nitrogens is 2. The zero-order valence-electron chi connectivity index (χ0n) is 15.8. The Hall–Kier alpha value is -2.25. The molecular weight excluding hydrogens is 399 g/mol. The first kappa shape index (κ1) is 19.1. The van der Waals surface area contributed by atoms with E-state index in [4.69, 9.17) is 28.2 Å². The highest BCUT2D eigenvalue weighted by Crippen LogP contribution is 2.39. The molecule has 7 nitrogen and oxygen atoms in total. The maximum atomic E-state index is 12.8. The molecule has 0 spiro atoms. The SMILES string of the molecule is CCN1C(=O)N(C)c2cnc(Nc3cc(Cl)cc(Cl)c3)nc2N1C1CCCC1. The Balaban J connectivity index is 1.74. The minimum Gasteiger partial charge on any atom is -0.324 e. The molecule has 2 heterocycles. The molecule has 4 rings (SSSR count). The molecule has 0 atom stereocenters. The number of benzene rings is 1. The van der Waals surface area contributed by atoms with Crippen molar-refractivity contribution in [2.45, 2.75) is 38.6 Å². The van der Waals surface area contributed by atoms with Gasteiger partial charge in [-0.1, -0.05) is 36.0 Å². The van der Waals surface area contributed by atoms with E-state index in [-0.39, 0.29) is 12.1 Å². The van der Waals surface area contributed by atoms with Crippen LogP contribution in [0.4, 0.5) is 27.9 Å². The van der Waals surface area contributed by atoms with Gasteiger partial charge in [0.1, 0.15) is 5.69 Å². The van der Waals surface area contributed by atoms with Crippen LogP contribution in [-0.4, -0.2) is 40.6 Å². The molecule has 1 saturated carbocycles. The third-order valence-corrected chi connectivity index (χ3v) is 5.62. The summed E-state index contributed by atoms with van der Waals surface area (Å²) in [4.78, 5) is 23.6. The molecule has 1 aromatic carbocycles. The minimum atomic E-state index is -0.0622. The Kier molecular flexibility index (Phi) is 5.21. The number of hydrogen-bond donors (Lipinski definition) is 1. The van der Waals surface area contributed by atoms with Gasteiger partial charge in [-0.15, -0.1) is 0 Å². The van der Waals surface area contributed by atoms with Crippen molar-refractivity contribution in [2.75, 3.05) is 28.8 Å². The van der Waals surface area contributed by atoms with Gasteiger partial charge in [-0.3, -0.25) is 9.91 Å². The van der Waals surface area contributed by atoms with Crippen molar-refractivity contribution < 1.29 is 4.79 Å². The largest absolute Gasteiger partial charge is 0.343 e. The fourth-order valence-electron chi connectivity index (χ4n) is 3.88. The van der Waals surface area contributed by atoms with E-state index in [0.29, 0.717) is 33.9 Å². The van der Waals surface area contributed by atoms with Crippen molar-refractivity contribution in [1.82, 2.24) is 15.0 Å². The second-order valence-corrected chi connectivity index (χ2v) is 7.90. The number of hydrogen-bond acceptors (Lipinski definition) is 5. The molecule has 1 fully saturated rings. The number of nitrogens with one attached hydrogen (secondary N) is 1. The number of fused-ring (bicyclic) bond motifs is 1. The Morgan fingerprint density at radius 2 is 1.86 bits per heavy atom. The van der Waals surface area contributed by atoms with Crippen molar-refractivity contribution in [2.24, 2.45) is 0 Å². The van der Waals surface area contributed by atoms with Crippen LogP contribution in [0.15, 0.2) is 24.4 Å². The van der Waals surface area contributed by atoms with Gasteiger partial charge in [-0.25, -0.2) is 14.8 Å². The number of anilines is 4. The van der Waals surface area contributed by atoms with Crippen LogP contribution in [0.25, 0.3) is 0 Å². The van der Waals surface area contributed by atoms with Gasteiger partial charge in [-0.2, -0.15) is 4.98 Å². The van der Waals surface area contributed by atoms with E-state index in [0.717, 1.165) is 31.5 Å². The summed E-state index contributed by atoms with van der Waals surface area (Å²) in [5.74, 6) is 1.17. The van der Waals surface area contributed by atoms with Crippen LogP contribution >= 0.6 is 23.2 Å². The summed E-state index contributed by atoms with van der Waals surface area (Å²) >= 11 is 12.2. The lowest BCUT2D eigenvalue weighted by Crippen LogP contribution is -2.59. The lowest BCUT2D eigenvalue weighted by Gasteiger charge is -2.45. The van der Waals surface area contributed by atoms with Crippen LogP contribution in [0, 0.1) is 0 Å². The van der Waals surface area contributed by atoms with Gasteiger partial charge >= 0.3 is 6.03 Å². The molecule has 2 aliphatic rings. The number of amides is 2. The summed E-state index contributed by atoms with van der Waals surface area (Å²) in [6, 6.07) is 5.40. The molecule has 1 aliphatic heterocycles. The maximum absolute atomic E-state index is 12.8. The third kappa shape index (κ3) is 3.44. The second kappa shape index (κ2) is 7.64. The van der Waals surface area contributed by atoms with Gasteiger partial charge in [0.25, 0.3) is 0 Å². The van der Waals surface area contributed by atoms with Crippen molar-refractivity contribution >= 4 is 52.4 Å². The minimum absolute atomic E-state index is 0.0622. The van der Waals surface area contributed by atoms with E-state index in [2.05, 4.69) is 15.3 Å². The lowest BCUT2D eigenvalue weighted by molar-refractivity contribution is 0.191. The Bertz CT molecular complexity index is 882.